The van der Waals surface area contributed by atoms with Crippen LogP contribution in [0.5, 0.6) is 0 Å². The van der Waals surface area contributed by atoms with Gasteiger partial charge in [-0.25, -0.2) is 0 Å². The molecule has 0 atom stereocenters. The van der Waals surface area contributed by atoms with E-state index in [1.165, 1.54) is 16.7 Å². The average Bonchev–Trinajstić information content (AvgIpc) is 2.96. The van der Waals surface area contributed by atoms with Crippen molar-refractivity contribution in [2.24, 2.45) is 0 Å². The minimum Gasteiger partial charge on any atom is -0.345 e. The van der Waals surface area contributed by atoms with Gasteiger partial charge in [0.1, 0.15) is 5.82 Å². The highest BCUT2D eigenvalue weighted by atomic mass is 35.5. The number of aromatic nitrogens is 2. The zero-order chi connectivity index (χ0) is 19.3. The molecule has 0 radical (unpaired) electrons. The molecule has 0 bridgehead atoms. The van der Waals surface area contributed by atoms with Gasteiger partial charge in [0.2, 0.25) is 0 Å². The molecule has 0 fully saturated rings. The van der Waals surface area contributed by atoms with Gasteiger partial charge in [0.25, 0.3) is 0 Å². The van der Waals surface area contributed by atoms with Crippen LogP contribution in [0, 0.1) is 0 Å². The van der Waals surface area contributed by atoms with Crippen LogP contribution in [0.2, 0.25) is 10.0 Å². The first-order valence-electron chi connectivity index (χ1n) is 7.69. The lowest BCUT2D eigenvalue weighted by molar-refractivity contribution is -0.136. The fourth-order valence-corrected chi connectivity index (χ4v) is 3.35. The first kappa shape index (κ1) is 17.8. The molecule has 0 saturated carbocycles. The number of hydrogen-bond acceptors (Lipinski definition) is 2. The van der Waals surface area contributed by atoms with Gasteiger partial charge >= 0.3 is 6.18 Å². The Hall–Kier alpha value is -2.64. The number of aromatic amines is 1. The first-order chi connectivity index (χ1) is 12.7. The molecular weight excluding hydrogens is 402 g/mol. The zero-order valence-electron chi connectivity index (χ0n) is 13.4. The van der Waals surface area contributed by atoms with Gasteiger partial charge in [-0.3, -0.25) is 4.79 Å². The van der Waals surface area contributed by atoms with E-state index in [9.17, 15) is 18.0 Å². The van der Waals surface area contributed by atoms with Crippen LogP contribution in [0.1, 0.15) is 5.56 Å². The predicted molar refractivity (Wildman–Crippen MR) is 100 cm³/mol. The second kappa shape index (κ2) is 6.21. The van der Waals surface area contributed by atoms with Gasteiger partial charge < -0.3 is 14.7 Å². The second-order valence-electron chi connectivity index (χ2n) is 5.90. The van der Waals surface area contributed by atoms with Crippen LogP contribution in [0.3, 0.4) is 0 Å². The Morgan fingerprint density at radius 1 is 1.07 bits per heavy atom. The number of halogens is 5. The van der Waals surface area contributed by atoms with Crippen molar-refractivity contribution in [3.63, 3.8) is 0 Å². The van der Waals surface area contributed by atoms with Gasteiger partial charge in [-0.2, -0.15) is 13.2 Å². The van der Waals surface area contributed by atoms with Crippen LogP contribution in [0.25, 0.3) is 16.3 Å². The highest BCUT2D eigenvalue weighted by molar-refractivity contribution is 6.35. The van der Waals surface area contributed by atoms with Gasteiger partial charge in [0.05, 0.1) is 21.8 Å². The topological polar surface area (TPSA) is 49.3 Å². The van der Waals surface area contributed by atoms with E-state index in [2.05, 4.69) is 10.3 Å². The fraction of sp³-hybridized carbons (Fsp3) is 0.0556. The Kier molecular flexibility index (Phi) is 4.09. The number of rotatable bonds is 2. The summed E-state index contributed by atoms with van der Waals surface area (Å²) in [5, 5.41) is 3.96. The van der Waals surface area contributed by atoms with Crippen LogP contribution in [0.4, 0.5) is 24.7 Å². The summed E-state index contributed by atoms with van der Waals surface area (Å²) in [6, 6.07) is 6.59. The summed E-state index contributed by atoms with van der Waals surface area (Å²) < 4.78 is 41.6. The van der Waals surface area contributed by atoms with Crippen molar-refractivity contribution >= 4 is 51.0 Å². The molecule has 0 spiro atoms. The highest BCUT2D eigenvalue weighted by Crippen LogP contribution is 2.38. The van der Waals surface area contributed by atoms with E-state index in [-0.39, 0.29) is 10.8 Å². The molecular formula is C18H10Cl2F3N3O. The molecule has 4 aromatic rings. The molecule has 0 amide bonds. The Balaban J connectivity index is 2.00. The standard InChI is InChI=1S/C18H10Cl2F3N3O/c19-9-1-2-14(20)15(5-9)25-17-16-11-6-10(27)7-13(18(21,22)23)12(11)8-26(16)4-3-24-17/h1-8,24-25H. The van der Waals surface area contributed by atoms with Crippen molar-refractivity contribution in [1.29, 1.82) is 0 Å². The Labute approximate surface area is 160 Å². The molecule has 4 rings (SSSR count). The summed E-state index contributed by atoms with van der Waals surface area (Å²) in [6.07, 6.45) is -0.189. The molecule has 4 nitrogen and oxygen atoms in total. The molecule has 2 heterocycles. The number of nitrogens with one attached hydrogen (secondary N) is 2. The van der Waals surface area contributed by atoms with Gasteiger partial charge in [0, 0.05) is 34.4 Å². The number of anilines is 2. The number of hydrogen-bond donors (Lipinski definition) is 2. The summed E-state index contributed by atoms with van der Waals surface area (Å²) in [6.45, 7) is 0. The smallest absolute Gasteiger partial charge is 0.345 e. The third kappa shape index (κ3) is 3.13. The lowest BCUT2D eigenvalue weighted by Gasteiger charge is -2.11. The third-order valence-corrected chi connectivity index (χ3v) is 4.69. The zero-order valence-corrected chi connectivity index (χ0v) is 14.9. The Bertz CT molecular complexity index is 1240. The summed E-state index contributed by atoms with van der Waals surface area (Å²) in [7, 11) is 0. The maximum atomic E-state index is 13.4. The average molecular weight is 412 g/mol. The van der Waals surface area contributed by atoms with Crippen LogP contribution in [-0.2, 0) is 6.18 Å². The molecule has 2 aromatic heterocycles. The number of benzene rings is 2. The normalized spacial score (nSPS) is 12.0. The van der Waals surface area contributed by atoms with Crippen molar-refractivity contribution in [3.8, 4) is 0 Å². The molecule has 2 N–H and O–H groups in total. The van der Waals surface area contributed by atoms with E-state index < -0.39 is 17.2 Å². The van der Waals surface area contributed by atoms with Gasteiger partial charge in [-0.05, 0) is 30.3 Å². The minimum absolute atomic E-state index is 0.0676. The number of H-pyrrole nitrogens is 1. The molecule has 27 heavy (non-hydrogen) atoms. The molecule has 2 aromatic carbocycles. The van der Waals surface area contributed by atoms with E-state index in [4.69, 9.17) is 23.2 Å². The van der Waals surface area contributed by atoms with Crippen molar-refractivity contribution in [3.05, 3.63) is 74.8 Å². The molecule has 0 aliphatic heterocycles. The maximum absolute atomic E-state index is 13.4. The van der Waals surface area contributed by atoms with Crippen LogP contribution >= 0.6 is 23.2 Å². The van der Waals surface area contributed by atoms with Crippen molar-refractivity contribution in [2.75, 3.05) is 5.32 Å². The predicted octanol–water partition coefficient (Wildman–Crippen LogP) is 5.85. The largest absolute Gasteiger partial charge is 0.417 e. The van der Waals surface area contributed by atoms with Crippen LogP contribution < -0.4 is 10.7 Å². The van der Waals surface area contributed by atoms with Crippen LogP contribution in [0.15, 0.2) is 53.7 Å². The van der Waals surface area contributed by atoms with E-state index in [0.29, 0.717) is 33.1 Å². The molecule has 0 aliphatic carbocycles. The van der Waals surface area contributed by atoms with Gasteiger partial charge in [-0.1, -0.05) is 23.2 Å². The van der Waals surface area contributed by atoms with Crippen molar-refractivity contribution in [2.45, 2.75) is 6.18 Å². The summed E-state index contributed by atoms with van der Waals surface area (Å²) >= 11 is 12.1. The van der Waals surface area contributed by atoms with E-state index in [1.54, 1.807) is 30.6 Å². The summed E-state index contributed by atoms with van der Waals surface area (Å²) in [4.78, 5) is 14.8. The van der Waals surface area contributed by atoms with Gasteiger partial charge in [-0.15, -0.1) is 0 Å². The third-order valence-electron chi connectivity index (χ3n) is 4.13. The maximum Gasteiger partial charge on any atom is 0.417 e. The summed E-state index contributed by atoms with van der Waals surface area (Å²) in [5.41, 5.74) is -0.845. The van der Waals surface area contributed by atoms with Crippen LogP contribution in [-0.4, -0.2) is 9.38 Å². The quantitative estimate of drug-likeness (QED) is 0.434. The second-order valence-corrected chi connectivity index (χ2v) is 6.74. The molecule has 0 aliphatic rings. The first-order valence-corrected chi connectivity index (χ1v) is 8.45. The Morgan fingerprint density at radius 2 is 1.85 bits per heavy atom. The van der Waals surface area contributed by atoms with Crippen molar-refractivity contribution < 1.29 is 13.2 Å². The van der Waals surface area contributed by atoms with Gasteiger partial charge in [0.15, 0.2) is 5.43 Å². The lowest BCUT2D eigenvalue weighted by atomic mass is 10.1. The monoisotopic (exact) mass is 411 g/mol. The highest BCUT2D eigenvalue weighted by Gasteiger charge is 2.34. The van der Waals surface area contributed by atoms with E-state index >= 15 is 0 Å². The molecule has 138 valence electrons. The number of nitrogens with zero attached hydrogens (tertiary/aromatic N) is 1. The SMILES string of the molecule is O=c1cc(C(F)(F)F)c2cn3cc[nH]c(Nc4cc(Cl)ccc4Cl)c3c2c1. The number of alkyl halides is 3. The molecule has 0 unspecified atom stereocenters. The molecule has 0 saturated heterocycles. The lowest BCUT2D eigenvalue weighted by Crippen LogP contribution is -2.10. The van der Waals surface area contributed by atoms with Crippen molar-refractivity contribution in [1.82, 2.24) is 9.38 Å². The summed E-state index contributed by atoms with van der Waals surface area (Å²) in [5.74, 6) is 0.371. The van der Waals surface area contributed by atoms with E-state index in [1.807, 2.05) is 0 Å². The fourth-order valence-electron chi connectivity index (χ4n) is 3.01. The van der Waals surface area contributed by atoms with E-state index in [0.717, 1.165) is 0 Å². The minimum atomic E-state index is -4.64. The number of fused-ring (bicyclic) bond motifs is 3. The molecule has 9 heteroatoms. The Morgan fingerprint density at radius 3 is 2.59 bits per heavy atom.